The molecule has 0 amide bonds. The highest BCUT2D eigenvalue weighted by Crippen LogP contribution is 2.15. The van der Waals surface area contributed by atoms with Gasteiger partial charge in [-0.1, -0.05) is 11.3 Å². The van der Waals surface area contributed by atoms with E-state index in [0.29, 0.717) is 11.3 Å². The highest BCUT2D eigenvalue weighted by atomic mass is 19.1. The van der Waals surface area contributed by atoms with Gasteiger partial charge in [-0.3, -0.25) is 0 Å². The minimum Gasteiger partial charge on any atom is -0.326 e. The van der Waals surface area contributed by atoms with E-state index in [1.807, 2.05) is 0 Å². The van der Waals surface area contributed by atoms with Crippen LogP contribution < -0.4 is 5.73 Å². The van der Waals surface area contributed by atoms with E-state index < -0.39 is 0 Å². The Balaban J connectivity index is 2.58. The molecule has 0 aliphatic carbocycles. The first kappa shape index (κ1) is 8.83. The van der Waals surface area contributed by atoms with Crippen molar-refractivity contribution >= 4 is 0 Å². The Morgan fingerprint density at radius 1 is 1.43 bits per heavy atom. The lowest BCUT2D eigenvalue weighted by Crippen LogP contribution is -2.07. The fraction of sp³-hybridized carbons (Fsp3) is 0.111. The summed E-state index contributed by atoms with van der Waals surface area (Å²) in [6, 6.07) is 4.74. The predicted octanol–water partition coefficient (Wildman–Crippen LogP) is 0.865. The third-order valence-electron chi connectivity index (χ3n) is 1.97. The minimum atomic E-state index is -0.319. The molecule has 2 N–H and O–H groups in total. The topological polar surface area (TPSA) is 56.7 Å². The highest BCUT2D eigenvalue weighted by Gasteiger charge is 2.08. The van der Waals surface area contributed by atoms with Gasteiger partial charge in [-0.25, -0.2) is 9.07 Å². The molecule has 0 saturated heterocycles. The summed E-state index contributed by atoms with van der Waals surface area (Å²) in [5.74, 6) is -0.319. The molecule has 0 bridgehead atoms. The molecular formula is C9H9FN4. The number of nitrogens with zero attached hydrogens (tertiary/aromatic N) is 3. The largest absolute Gasteiger partial charge is 0.326 e. The first-order valence-corrected chi connectivity index (χ1v) is 4.17. The van der Waals surface area contributed by atoms with Crippen molar-refractivity contribution in [2.75, 3.05) is 0 Å². The summed E-state index contributed by atoms with van der Waals surface area (Å²) in [4.78, 5) is 0. The van der Waals surface area contributed by atoms with Crippen LogP contribution in [0.5, 0.6) is 0 Å². The van der Waals surface area contributed by atoms with Crippen LogP contribution in [0.2, 0.25) is 0 Å². The zero-order valence-corrected chi connectivity index (χ0v) is 7.39. The average Bonchev–Trinajstić information content (AvgIpc) is 2.70. The molecule has 0 aliphatic heterocycles. The second kappa shape index (κ2) is 3.55. The molecule has 4 nitrogen and oxygen atoms in total. The highest BCUT2D eigenvalue weighted by molar-refractivity contribution is 5.40. The molecule has 14 heavy (non-hydrogen) atoms. The van der Waals surface area contributed by atoms with Gasteiger partial charge in [-0.05, 0) is 12.1 Å². The Morgan fingerprint density at radius 2 is 2.29 bits per heavy atom. The standard InChI is InChI=1S/C9H9FN4/c10-8-2-1-3-9(7(8)6-11)14-5-4-12-13-14/h1-5H,6,11H2. The number of aromatic nitrogens is 3. The van der Waals surface area contributed by atoms with Gasteiger partial charge in [0.2, 0.25) is 0 Å². The summed E-state index contributed by atoms with van der Waals surface area (Å²) in [6.45, 7) is 0.141. The van der Waals surface area contributed by atoms with Crippen LogP contribution in [0.1, 0.15) is 5.56 Å². The maximum atomic E-state index is 13.3. The van der Waals surface area contributed by atoms with Crippen LogP contribution >= 0.6 is 0 Å². The molecule has 2 aromatic rings. The van der Waals surface area contributed by atoms with Crippen molar-refractivity contribution in [3.05, 3.63) is 42.0 Å². The van der Waals surface area contributed by atoms with Crippen molar-refractivity contribution in [3.8, 4) is 5.69 Å². The monoisotopic (exact) mass is 192 g/mol. The summed E-state index contributed by atoms with van der Waals surface area (Å²) in [6.07, 6.45) is 3.18. The van der Waals surface area contributed by atoms with Crippen LogP contribution in [0, 0.1) is 5.82 Å². The Kier molecular flexibility index (Phi) is 2.24. The van der Waals surface area contributed by atoms with Gasteiger partial charge in [0.25, 0.3) is 0 Å². The summed E-state index contributed by atoms with van der Waals surface area (Å²) in [7, 11) is 0. The fourth-order valence-electron chi connectivity index (χ4n) is 1.30. The van der Waals surface area contributed by atoms with Crippen molar-refractivity contribution in [2.45, 2.75) is 6.54 Å². The van der Waals surface area contributed by atoms with E-state index in [4.69, 9.17) is 5.73 Å². The van der Waals surface area contributed by atoms with Gasteiger partial charge >= 0.3 is 0 Å². The van der Waals surface area contributed by atoms with Crippen LogP contribution in [0.25, 0.3) is 5.69 Å². The van der Waals surface area contributed by atoms with Crippen molar-refractivity contribution in [1.29, 1.82) is 0 Å². The summed E-state index contributed by atoms with van der Waals surface area (Å²) in [5.41, 5.74) is 6.53. The molecule has 0 radical (unpaired) electrons. The molecule has 0 aliphatic rings. The molecule has 2 rings (SSSR count). The lowest BCUT2D eigenvalue weighted by molar-refractivity contribution is 0.606. The van der Waals surface area contributed by atoms with Crippen molar-refractivity contribution in [2.24, 2.45) is 5.73 Å². The van der Waals surface area contributed by atoms with Crippen LogP contribution in [0.3, 0.4) is 0 Å². The van der Waals surface area contributed by atoms with Crippen LogP contribution in [0.4, 0.5) is 4.39 Å². The van der Waals surface area contributed by atoms with Gasteiger partial charge in [-0.2, -0.15) is 0 Å². The van der Waals surface area contributed by atoms with E-state index in [1.165, 1.54) is 16.9 Å². The van der Waals surface area contributed by atoms with Crippen molar-refractivity contribution < 1.29 is 4.39 Å². The Morgan fingerprint density at radius 3 is 2.93 bits per heavy atom. The molecule has 1 heterocycles. The first-order chi connectivity index (χ1) is 6.83. The van der Waals surface area contributed by atoms with Gasteiger partial charge < -0.3 is 5.73 Å². The lowest BCUT2D eigenvalue weighted by Gasteiger charge is -2.07. The zero-order valence-electron chi connectivity index (χ0n) is 7.39. The number of benzene rings is 1. The third kappa shape index (κ3) is 1.38. The van der Waals surface area contributed by atoms with Crippen LogP contribution in [-0.2, 0) is 6.54 Å². The number of halogens is 1. The number of nitrogens with two attached hydrogens (primary N) is 1. The van der Waals surface area contributed by atoms with E-state index in [9.17, 15) is 4.39 Å². The average molecular weight is 192 g/mol. The van der Waals surface area contributed by atoms with E-state index in [2.05, 4.69) is 10.3 Å². The molecule has 0 spiro atoms. The van der Waals surface area contributed by atoms with Gasteiger partial charge in [0.1, 0.15) is 5.82 Å². The normalized spacial score (nSPS) is 10.4. The first-order valence-electron chi connectivity index (χ1n) is 4.17. The summed E-state index contributed by atoms with van der Waals surface area (Å²) >= 11 is 0. The number of hydrogen-bond donors (Lipinski definition) is 1. The van der Waals surface area contributed by atoms with Gasteiger partial charge in [0.15, 0.2) is 0 Å². The van der Waals surface area contributed by atoms with Gasteiger partial charge in [0, 0.05) is 12.1 Å². The number of hydrogen-bond acceptors (Lipinski definition) is 3. The number of rotatable bonds is 2. The second-order valence-electron chi connectivity index (χ2n) is 2.79. The Hall–Kier alpha value is -1.75. The van der Waals surface area contributed by atoms with Gasteiger partial charge in [-0.15, -0.1) is 5.10 Å². The van der Waals surface area contributed by atoms with E-state index in [-0.39, 0.29) is 12.4 Å². The maximum absolute atomic E-state index is 13.3. The fourth-order valence-corrected chi connectivity index (χ4v) is 1.30. The maximum Gasteiger partial charge on any atom is 0.129 e. The molecule has 5 heteroatoms. The van der Waals surface area contributed by atoms with E-state index in [1.54, 1.807) is 18.3 Å². The minimum absolute atomic E-state index is 0.141. The molecule has 1 aromatic carbocycles. The Bertz CT molecular complexity index is 424. The summed E-state index contributed by atoms with van der Waals surface area (Å²) in [5, 5.41) is 7.43. The molecule has 0 saturated carbocycles. The predicted molar refractivity (Wildman–Crippen MR) is 49.2 cm³/mol. The molecule has 0 atom stereocenters. The van der Waals surface area contributed by atoms with Gasteiger partial charge in [0.05, 0.1) is 18.1 Å². The molecule has 1 aromatic heterocycles. The lowest BCUT2D eigenvalue weighted by atomic mass is 10.1. The quantitative estimate of drug-likeness (QED) is 0.767. The van der Waals surface area contributed by atoms with Crippen molar-refractivity contribution in [1.82, 2.24) is 15.0 Å². The molecule has 72 valence electrons. The molecule has 0 fully saturated rings. The van der Waals surface area contributed by atoms with Crippen LogP contribution in [0.15, 0.2) is 30.6 Å². The summed E-state index contributed by atoms with van der Waals surface area (Å²) < 4.78 is 14.8. The molecule has 0 unspecified atom stereocenters. The van der Waals surface area contributed by atoms with E-state index in [0.717, 1.165) is 0 Å². The Labute approximate surface area is 80.2 Å². The third-order valence-corrected chi connectivity index (χ3v) is 1.97. The SMILES string of the molecule is NCc1c(F)cccc1-n1ccnn1. The van der Waals surface area contributed by atoms with Crippen LogP contribution in [-0.4, -0.2) is 15.0 Å². The van der Waals surface area contributed by atoms with Crippen molar-refractivity contribution in [3.63, 3.8) is 0 Å². The zero-order chi connectivity index (χ0) is 9.97. The van der Waals surface area contributed by atoms with E-state index >= 15 is 0 Å². The smallest absolute Gasteiger partial charge is 0.129 e. The second-order valence-corrected chi connectivity index (χ2v) is 2.79. The molecular weight excluding hydrogens is 183 g/mol.